The number of hydrogen-bond acceptors (Lipinski definition) is 4. The van der Waals surface area contributed by atoms with Crippen LogP contribution in [0.25, 0.3) is 11.1 Å². The predicted octanol–water partition coefficient (Wildman–Crippen LogP) is 6.28. The van der Waals surface area contributed by atoms with Crippen LogP contribution in [0.15, 0.2) is 54.9 Å². The highest BCUT2D eigenvalue weighted by Gasteiger charge is 2.38. The third-order valence-electron chi connectivity index (χ3n) is 4.59. The summed E-state index contributed by atoms with van der Waals surface area (Å²) in [6.45, 7) is -2.94. The van der Waals surface area contributed by atoms with E-state index in [9.17, 15) is 39.9 Å². The van der Waals surface area contributed by atoms with Gasteiger partial charge in [0.25, 0.3) is 5.91 Å². The number of pyridine rings is 2. The van der Waals surface area contributed by atoms with E-state index in [-0.39, 0.29) is 17.0 Å². The highest BCUT2D eigenvalue weighted by Crippen LogP contribution is 2.35. The van der Waals surface area contributed by atoms with Crippen LogP contribution < -0.4 is 10.1 Å². The lowest BCUT2D eigenvalue weighted by Crippen LogP contribution is -2.36. The molecule has 0 unspecified atom stereocenters. The van der Waals surface area contributed by atoms with E-state index in [4.69, 9.17) is 11.6 Å². The van der Waals surface area contributed by atoms with Gasteiger partial charge in [-0.2, -0.15) is 35.1 Å². The zero-order valence-corrected chi connectivity index (χ0v) is 18.5. The Balaban J connectivity index is 1.72. The van der Waals surface area contributed by atoms with Crippen LogP contribution in [0.2, 0.25) is 5.02 Å². The first-order valence-corrected chi connectivity index (χ1v) is 10.2. The first-order chi connectivity index (χ1) is 16.7. The Bertz CT molecular complexity index is 1230. The molecule has 0 aliphatic heterocycles. The van der Waals surface area contributed by atoms with Gasteiger partial charge in [-0.3, -0.25) is 9.78 Å². The van der Waals surface area contributed by atoms with Crippen molar-refractivity contribution in [1.82, 2.24) is 15.3 Å². The number of nitrogens with one attached hydrogen (secondary N) is 1. The van der Waals surface area contributed by atoms with Crippen molar-refractivity contribution in [3.8, 4) is 17.0 Å². The molecule has 3 rings (SSSR count). The summed E-state index contributed by atoms with van der Waals surface area (Å²) >= 11 is 5.94. The zero-order chi connectivity index (χ0) is 26.7. The van der Waals surface area contributed by atoms with Crippen molar-refractivity contribution >= 4 is 17.5 Å². The van der Waals surface area contributed by atoms with Crippen molar-refractivity contribution in [3.63, 3.8) is 0 Å². The molecule has 14 heteroatoms. The van der Waals surface area contributed by atoms with E-state index in [1.165, 1.54) is 6.07 Å². The average Bonchev–Trinajstić information content (AvgIpc) is 2.80. The maximum Gasteiger partial charge on any atom is 0.422 e. The van der Waals surface area contributed by atoms with Crippen molar-refractivity contribution in [2.45, 2.75) is 18.3 Å². The minimum atomic E-state index is -4.87. The summed E-state index contributed by atoms with van der Waals surface area (Å²) in [4.78, 5) is 19.5. The molecule has 1 aromatic carbocycles. The van der Waals surface area contributed by atoms with Gasteiger partial charge in [-0.25, -0.2) is 4.98 Å². The molecule has 0 aliphatic rings. The fourth-order valence-corrected chi connectivity index (χ4v) is 3.26. The number of benzene rings is 1. The molecule has 0 bridgehead atoms. The number of carbonyl (C=O) groups excluding carboxylic acids is 1. The largest absolute Gasteiger partial charge is 0.468 e. The molecule has 192 valence electrons. The summed E-state index contributed by atoms with van der Waals surface area (Å²) in [6, 6.07) is 7.24. The summed E-state index contributed by atoms with van der Waals surface area (Å²) in [5.41, 5.74) is -2.59. The van der Waals surface area contributed by atoms with Gasteiger partial charge in [-0.05, 0) is 24.3 Å². The fraction of sp³-hybridized carbons (Fsp3) is 0.227. The molecule has 0 saturated heterocycles. The number of hydrogen-bond donors (Lipinski definition) is 1. The monoisotopic (exact) mass is 539 g/mol. The van der Waals surface area contributed by atoms with Crippen molar-refractivity contribution < 1.29 is 44.7 Å². The van der Waals surface area contributed by atoms with Gasteiger partial charge in [0.1, 0.15) is 5.69 Å². The second kappa shape index (κ2) is 10.2. The smallest absolute Gasteiger partial charge is 0.422 e. The van der Waals surface area contributed by atoms with E-state index in [1.54, 1.807) is 5.32 Å². The Kier molecular flexibility index (Phi) is 7.72. The standard InChI is InChI=1S/C22H14ClF8N3O2/c23-16-7-13(12-5-6-17(32-8-12)36-11-21(26,27)28)9-33-18(16)20(24,25)10-34-19(35)14-3-1-2-4-15(14)22(29,30)31/h1-9H,10-11H2,(H,34,35). The molecule has 0 radical (unpaired) electrons. The van der Waals surface area contributed by atoms with Gasteiger partial charge in [0.15, 0.2) is 6.61 Å². The van der Waals surface area contributed by atoms with E-state index in [1.807, 2.05) is 0 Å². The van der Waals surface area contributed by atoms with Crippen LogP contribution in [0.4, 0.5) is 35.1 Å². The maximum atomic E-state index is 14.7. The SMILES string of the molecule is O=C(NCC(F)(F)c1ncc(-c2ccc(OCC(F)(F)F)nc2)cc1Cl)c1ccccc1C(F)(F)F. The van der Waals surface area contributed by atoms with Crippen LogP contribution in [0, 0.1) is 0 Å². The lowest BCUT2D eigenvalue weighted by Gasteiger charge is -2.19. The predicted molar refractivity (Wildman–Crippen MR) is 112 cm³/mol. The Morgan fingerprint density at radius 3 is 2.17 bits per heavy atom. The summed E-state index contributed by atoms with van der Waals surface area (Å²) in [7, 11) is 0. The van der Waals surface area contributed by atoms with Crippen molar-refractivity contribution in [2.24, 2.45) is 0 Å². The van der Waals surface area contributed by atoms with Crippen LogP contribution in [-0.2, 0) is 12.1 Å². The van der Waals surface area contributed by atoms with Gasteiger partial charge < -0.3 is 10.1 Å². The lowest BCUT2D eigenvalue weighted by molar-refractivity contribution is -0.154. The first kappa shape index (κ1) is 27.1. The van der Waals surface area contributed by atoms with E-state index >= 15 is 0 Å². The van der Waals surface area contributed by atoms with Gasteiger partial charge >= 0.3 is 18.3 Å². The van der Waals surface area contributed by atoms with Crippen molar-refractivity contribution in [3.05, 3.63) is 76.7 Å². The molecular weight excluding hydrogens is 526 g/mol. The molecule has 0 saturated carbocycles. The topological polar surface area (TPSA) is 64.1 Å². The van der Waals surface area contributed by atoms with Crippen LogP contribution >= 0.6 is 11.6 Å². The minimum absolute atomic E-state index is 0.192. The number of aromatic nitrogens is 2. The maximum absolute atomic E-state index is 14.7. The molecule has 2 heterocycles. The van der Waals surface area contributed by atoms with Crippen LogP contribution in [0.5, 0.6) is 5.88 Å². The average molecular weight is 540 g/mol. The molecule has 0 aliphatic carbocycles. The molecule has 3 aromatic rings. The zero-order valence-electron chi connectivity index (χ0n) is 17.7. The number of nitrogens with zero attached hydrogens (tertiary/aromatic N) is 2. The van der Waals surface area contributed by atoms with Gasteiger partial charge in [0.05, 0.1) is 22.7 Å². The Morgan fingerprint density at radius 2 is 1.58 bits per heavy atom. The second-order valence-electron chi connectivity index (χ2n) is 7.27. The summed E-state index contributed by atoms with van der Waals surface area (Å²) in [5.74, 6) is -5.54. The van der Waals surface area contributed by atoms with E-state index in [0.29, 0.717) is 6.07 Å². The number of amides is 1. The Labute approximate surface area is 203 Å². The summed E-state index contributed by atoms with van der Waals surface area (Å²) in [6.07, 6.45) is -7.31. The highest BCUT2D eigenvalue weighted by atomic mass is 35.5. The van der Waals surface area contributed by atoms with E-state index in [2.05, 4.69) is 14.7 Å². The molecule has 0 fully saturated rings. The van der Waals surface area contributed by atoms with Gasteiger partial charge in [0, 0.05) is 29.6 Å². The summed E-state index contributed by atoms with van der Waals surface area (Å²) < 4.78 is 110. The molecule has 2 aromatic heterocycles. The quantitative estimate of drug-likeness (QED) is 0.359. The number of alkyl halides is 8. The van der Waals surface area contributed by atoms with E-state index in [0.717, 1.165) is 42.7 Å². The Morgan fingerprint density at radius 1 is 0.917 bits per heavy atom. The second-order valence-corrected chi connectivity index (χ2v) is 7.68. The molecule has 5 nitrogen and oxygen atoms in total. The number of rotatable bonds is 7. The molecule has 1 N–H and O–H groups in total. The van der Waals surface area contributed by atoms with E-state index < -0.39 is 59.2 Å². The number of ether oxygens (including phenoxy) is 1. The lowest BCUT2D eigenvalue weighted by atomic mass is 10.1. The molecular formula is C22H14ClF8N3O2. The first-order valence-electron chi connectivity index (χ1n) is 9.81. The van der Waals surface area contributed by atoms with Crippen LogP contribution in [0.3, 0.4) is 0 Å². The molecule has 0 spiro atoms. The van der Waals surface area contributed by atoms with Crippen LogP contribution in [-0.4, -0.2) is 35.2 Å². The Hall–Kier alpha value is -3.48. The highest BCUT2D eigenvalue weighted by molar-refractivity contribution is 6.31. The minimum Gasteiger partial charge on any atom is -0.468 e. The van der Waals surface area contributed by atoms with Gasteiger partial charge in [-0.1, -0.05) is 23.7 Å². The third-order valence-corrected chi connectivity index (χ3v) is 4.88. The van der Waals surface area contributed by atoms with Gasteiger partial charge in [0.2, 0.25) is 5.88 Å². The van der Waals surface area contributed by atoms with Gasteiger partial charge in [-0.15, -0.1) is 0 Å². The summed E-state index contributed by atoms with van der Waals surface area (Å²) in [5, 5.41) is 1.23. The molecule has 36 heavy (non-hydrogen) atoms. The molecule has 0 atom stereocenters. The number of carbonyl (C=O) groups is 1. The normalized spacial score (nSPS) is 12.4. The van der Waals surface area contributed by atoms with Crippen molar-refractivity contribution in [1.29, 1.82) is 0 Å². The number of halogens is 9. The molecule has 1 amide bonds. The van der Waals surface area contributed by atoms with Crippen molar-refractivity contribution in [2.75, 3.05) is 13.2 Å². The van der Waals surface area contributed by atoms with Crippen LogP contribution in [0.1, 0.15) is 21.6 Å². The third kappa shape index (κ3) is 6.80. The fourth-order valence-electron chi connectivity index (χ4n) is 2.96.